The zero-order chi connectivity index (χ0) is 15.7. The van der Waals surface area contributed by atoms with Crippen LogP contribution < -0.4 is 31.3 Å². The fraction of sp³-hybridized carbons (Fsp3) is 0.300. The van der Waals surface area contributed by atoms with Crippen molar-refractivity contribution in [1.29, 1.82) is 0 Å². The summed E-state index contributed by atoms with van der Waals surface area (Å²) in [6.07, 6.45) is 3.75. The Morgan fingerprint density at radius 3 is 2.24 bits per heavy atom. The first-order valence-corrected chi connectivity index (χ1v) is 8.96. The topological polar surface area (TPSA) is 15.3 Å². The lowest BCUT2D eigenvalue weighted by Crippen LogP contribution is -3.00. The zero-order valence-electron chi connectivity index (χ0n) is 14.0. The number of anilines is 2. The molecule has 4 heterocycles. The van der Waals surface area contributed by atoms with E-state index in [9.17, 15) is 0 Å². The molecule has 0 aliphatic carbocycles. The van der Waals surface area contributed by atoms with Crippen molar-refractivity contribution < 1.29 is 21.5 Å². The van der Waals surface area contributed by atoms with E-state index in [1.165, 1.54) is 47.2 Å². The summed E-state index contributed by atoms with van der Waals surface area (Å²) >= 11 is 0. The van der Waals surface area contributed by atoms with Gasteiger partial charge in [-0.25, -0.2) is 9.13 Å². The molecule has 0 fully saturated rings. The van der Waals surface area contributed by atoms with Crippen LogP contribution in [-0.4, -0.2) is 17.7 Å². The molecule has 0 spiro atoms. The molecular weight excluding hydrogens is 376 g/mol. The number of benzene rings is 2. The zero-order valence-corrected chi connectivity index (χ0v) is 15.6. The van der Waals surface area contributed by atoms with Gasteiger partial charge in [0.25, 0.3) is 6.17 Å². The highest BCUT2D eigenvalue weighted by molar-refractivity contribution is 5.83. The molecule has 0 unspecified atom stereocenters. The van der Waals surface area contributed by atoms with Crippen molar-refractivity contribution in [2.45, 2.75) is 25.9 Å². The molecule has 0 bridgehead atoms. The summed E-state index contributed by atoms with van der Waals surface area (Å²) in [4.78, 5) is 5.10. The van der Waals surface area contributed by atoms with Crippen LogP contribution in [0.2, 0.25) is 0 Å². The number of aromatic nitrogens is 2. The molecule has 3 aliphatic heterocycles. The third-order valence-electron chi connectivity index (χ3n) is 5.68. The van der Waals surface area contributed by atoms with Crippen LogP contribution in [0.1, 0.15) is 18.7 Å². The monoisotopic (exact) mass is 395 g/mol. The third-order valence-corrected chi connectivity index (χ3v) is 5.68. The van der Waals surface area contributed by atoms with E-state index in [-0.39, 0.29) is 17.0 Å². The van der Waals surface area contributed by atoms with Crippen LogP contribution in [0.3, 0.4) is 0 Å². The van der Waals surface area contributed by atoms with Crippen molar-refractivity contribution in [3.05, 3.63) is 60.5 Å². The lowest BCUT2D eigenvalue weighted by atomic mass is 10.2. The standard InChI is InChI=1S/C20H20N4.BrH/c1-2-8-16-15(7-1)21-11-5-13-23-17-9-3-4-10-18(17)24-14-6-12-22(16)19(21)20(23)24;/h1-4,7-10H,5-6,11-14H2;1H/q+1;/p-1. The lowest BCUT2D eigenvalue weighted by molar-refractivity contribution is -0.676. The van der Waals surface area contributed by atoms with Crippen molar-refractivity contribution in [3.63, 3.8) is 0 Å². The van der Waals surface area contributed by atoms with Crippen LogP contribution in [0.25, 0.3) is 11.0 Å². The Morgan fingerprint density at radius 1 is 0.760 bits per heavy atom. The van der Waals surface area contributed by atoms with E-state index in [1.54, 1.807) is 0 Å². The molecule has 3 aliphatic rings. The van der Waals surface area contributed by atoms with E-state index in [0.29, 0.717) is 0 Å². The summed E-state index contributed by atoms with van der Waals surface area (Å²) < 4.78 is 5.10. The fourth-order valence-corrected chi connectivity index (χ4v) is 4.75. The van der Waals surface area contributed by atoms with Gasteiger partial charge in [0.15, 0.2) is 11.0 Å². The van der Waals surface area contributed by atoms with E-state index in [2.05, 4.69) is 67.5 Å². The molecule has 1 aromatic heterocycles. The largest absolute Gasteiger partial charge is 1.00 e. The summed E-state index contributed by atoms with van der Waals surface area (Å²) in [6, 6.07) is 17.8. The van der Waals surface area contributed by atoms with Gasteiger partial charge in [0, 0.05) is 25.9 Å². The third kappa shape index (κ3) is 1.90. The van der Waals surface area contributed by atoms with E-state index in [0.717, 1.165) is 26.2 Å². The molecule has 0 saturated heterocycles. The average Bonchev–Trinajstić information content (AvgIpc) is 2.91. The highest BCUT2D eigenvalue weighted by Crippen LogP contribution is 2.47. The Bertz CT molecular complexity index is 889. The highest BCUT2D eigenvalue weighted by atomic mass is 79.9. The molecule has 0 saturated carbocycles. The molecule has 0 N–H and O–H groups in total. The van der Waals surface area contributed by atoms with Crippen molar-refractivity contribution in [2.75, 3.05) is 22.9 Å². The van der Waals surface area contributed by atoms with E-state index in [4.69, 9.17) is 0 Å². The molecule has 0 amide bonds. The van der Waals surface area contributed by atoms with Gasteiger partial charge in [-0.05, 0) is 24.3 Å². The van der Waals surface area contributed by atoms with Crippen molar-refractivity contribution in [2.24, 2.45) is 0 Å². The second-order valence-corrected chi connectivity index (χ2v) is 6.94. The molecule has 1 radical (unpaired) electrons. The first-order chi connectivity index (χ1) is 11.9. The molecule has 25 heavy (non-hydrogen) atoms. The number of nitrogens with zero attached hydrogens (tertiary/aromatic N) is 4. The SMILES string of the molecule is [Br-].c1ccc2c(c1)N1CCCn3c4[n+](c5ccccc53)CCCN2[C]41. The van der Waals surface area contributed by atoms with Crippen LogP contribution in [-0.2, 0) is 13.1 Å². The van der Waals surface area contributed by atoms with Gasteiger partial charge < -0.3 is 26.8 Å². The summed E-state index contributed by atoms with van der Waals surface area (Å²) in [5.41, 5.74) is 5.50. The lowest BCUT2D eigenvalue weighted by Gasteiger charge is -2.25. The van der Waals surface area contributed by atoms with E-state index in [1.807, 2.05) is 0 Å². The first-order valence-electron chi connectivity index (χ1n) is 8.96. The fourth-order valence-electron chi connectivity index (χ4n) is 4.75. The van der Waals surface area contributed by atoms with Gasteiger partial charge in [-0.15, -0.1) is 0 Å². The summed E-state index contributed by atoms with van der Waals surface area (Å²) in [5.74, 6) is 1.39. The summed E-state index contributed by atoms with van der Waals surface area (Å²) in [7, 11) is 0. The van der Waals surface area contributed by atoms with Crippen molar-refractivity contribution in [1.82, 2.24) is 4.57 Å². The normalized spacial score (nSPS) is 18.4. The van der Waals surface area contributed by atoms with Crippen molar-refractivity contribution >= 4 is 22.4 Å². The van der Waals surface area contributed by atoms with Gasteiger partial charge in [0.1, 0.15) is 0 Å². The maximum Gasteiger partial charge on any atom is 0.310 e. The molecule has 0 atom stereocenters. The summed E-state index contributed by atoms with van der Waals surface area (Å²) in [5, 5.41) is 0. The number of aryl methyl sites for hydroxylation is 2. The molecule has 4 nitrogen and oxygen atoms in total. The number of hydrogen-bond donors (Lipinski definition) is 0. The molecule has 127 valence electrons. The first kappa shape index (κ1) is 15.3. The van der Waals surface area contributed by atoms with Gasteiger partial charge >= 0.3 is 5.82 Å². The molecular formula is C20H20BrN4. The number of rotatable bonds is 0. The Kier molecular flexibility index (Phi) is 3.35. The molecule has 3 aromatic rings. The number of halogens is 1. The summed E-state index contributed by atoms with van der Waals surface area (Å²) in [6.45, 7) is 4.38. The predicted molar refractivity (Wildman–Crippen MR) is 94.8 cm³/mol. The maximum absolute atomic E-state index is 2.55. The van der Waals surface area contributed by atoms with Gasteiger partial charge in [0.2, 0.25) is 0 Å². The minimum absolute atomic E-state index is 0. The second kappa shape index (κ2) is 5.49. The smallest absolute Gasteiger partial charge is 0.310 e. The maximum atomic E-state index is 2.55. The molecule has 6 rings (SSSR count). The second-order valence-electron chi connectivity index (χ2n) is 6.94. The number of imidazole rings is 1. The number of para-hydroxylation sites is 4. The minimum Gasteiger partial charge on any atom is -1.00 e. The Balaban J connectivity index is 0.00000140. The molecule has 2 aromatic carbocycles. The van der Waals surface area contributed by atoms with Crippen LogP contribution in [0.4, 0.5) is 11.4 Å². The minimum atomic E-state index is 0. The van der Waals surface area contributed by atoms with Gasteiger partial charge in [-0.3, -0.25) is 0 Å². The van der Waals surface area contributed by atoms with Gasteiger partial charge in [-0.2, -0.15) is 0 Å². The Morgan fingerprint density at radius 2 is 1.44 bits per heavy atom. The predicted octanol–water partition coefficient (Wildman–Crippen LogP) is -0.0956. The van der Waals surface area contributed by atoms with Crippen LogP contribution in [0, 0.1) is 6.17 Å². The average molecular weight is 396 g/mol. The van der Waals surface area contributed by atoms with Gasteiger partial charge in [0.05, 0.1) is 24.5 Å². The Hall–Kier alpha value is -2.01. The number of fused-ring (bicyclic) bond motifs is 6. The number of hydrogen-bond acceptors (Lipinski definition) is 2. The van der Waals surface area contributed by atoms with Crippen LogP contribution in [0.5, 0.6) is 0 Å². The van der Waals surface area contributed by atoms with Crippen LogP contribution in [0.15, 0.2) is 48.5 Å². The quantitative estimate of drug-likeness (QED) is 0.494. The van der Waals surface area contributed by atoms with Crippen LogP contribution >= 0.6 is 0 Å². The Labute approximate surface area is 158 Å². The van der Waals surface area contributed by atoms with Crippen molar-refractivity contribution in [3.8, 4) is 0 Å². The van der Waals surface area contributed by atoms with E-state index >= 15 is 0 Å². The molecule has 5 heteroatoms. The van der Waals surface area contributed by atoms with E-state index < -0.39 is 0 Å². The highest BCUT2D eigenvalue weighted by Gasteiger charge is 2.48. The van der Waals surface area contributed by atoms with Gasteiger partial charge in [-0.1, -0.05) is 24.3 Å².